The number of nitrogens with zero attached hydrogens (tertiary/aromatic N) is 4. The highest BCUT2D eigenvalue weighted by molar-refractivity contribution is 5.88. The zero-order valence-corrected chi connectivity index (χ0v) is 12.8. The maximum absolute atomic E-state index is 11.2. The minimum atomic E-state index is -0.692. The number of carbonyl (C=O) groups is 1. The number of hydrogen-bond donors (Lipinski definition) is 1. The monoisotopic (exact) mass is 333 g/mol. The molecule has 0 aliphatic carbocycles. The first-order valence-corrected chi connectivity index (χ1v) is 6.94. The van der Waals surface area contributed by atoms with Crippen LogP contribution < -0.4 is 5.43 Å². The quantitative estimate of drug-likeness (QED) is 0.359. The first-order chi connectivity index (χ1) is 11.5. The lowest BCUT2D eigenvalue weighted by molar-refractivity contribution is -0.401. The number of hydrogen-bond acceptors (Lipinski definition) is 7. The van der Waals surface area contributed by atoms with Crippen LogP contribution in [0, 0.1) is 10.1 Å². The van der Waals surface area contributed by atoms with Crippen molar-refractivity contribution in [1.82, 2.24) is 15.2 Å². The van der Waals surface area contributed by atoms with Gasteiger partial charge in [0.25, 0.3) is 0 Å². The van der Waals surface area contributed by atoms with Gasteiger partial charge in [-0.3, -0.25) is 14.8 Å². The standard InChI is InChI=1S/C14H15N5O5/c1-3-7-18-9-10(8-15-16-14(20)23-4-2)13(17-18)11-5-6-12(24-11)19(21)22/h3,5-6,8-9H,1,4,7H2,2H3,(H,16,20)/b15-8+. The molecule has 10 heteroatoms. The molecule has 0 atom stereocenters. The summed E-state index contributed by atoms with van der Waals surface area (Å²) in [6, 6.07) is 2.68. The lowest BCUT2D eigenvalue weighted by atomic mass is 10.2. The van der Waals surface area contributed by atoms with Crippen LogP contribution in [0.1, 0.15) is 12.5 Å². The molecule has 0 saturated heterocycles. The van der Waals surface area contributed by atoms with Gasteiger partial charge in [0.1, 0.15) is 10.6 Å². The molecule has 1 amide bonds. The molecule has 126 valence electrons. The molecule has 0 aliphatic rings. The third-order valence-corrected chi connectivity index (χ3v) is 2.75. The van der Waals surface area contributed by atoms with Crippen molar-refractivity contribution in [3.8, 4) is 11.5 Å². The average Bonchev–Trinajstić information content (AvgIpc) is 3.15. The molecular formula is C14H15N5O5. The number of nitro groups is 1. The van der Waals surface area contributed by atoms with Crippen LogP contribution in [0.2, 0.25) is 0 Å². The molecule has 2 rings (SSSR count). The Labute approximate surface area is 136 Å². The number of aromatic nitrogens is 2. The average molecular weight is 333 g/mol. The Morgan fingerprint density at radius 1 is 1.62 bits per heavy atom. The summed E-state index contributed by atoms with van der Waals surface area (Å²) in [5.41, 5.74) is 3.03. The van der Waals surface area contributed by atoms with Crippen LogP contribution >= 0.6 is 0 Å². The van der Waals surface area contributed by atoms with Crippen molar-refractivity contribution < 1.29 is 18.9 Å². The van der Waals surface area contributed by atoms with Crippen LogP contribution in [0.3, 0.4) is 0 Å². The Hall–Kier alpha value is -3.43. The third kappa shape index (κ3) is 4.06. The van der Waals surface area contributed by atoms with Gasteiger partial charge in [0.15, 0.2) is 5.76 Å². The molecular weight excluding hydrogens is 318 g/mol. The molecule has 1 N–H and O–H groups in total. The Balaban J connectivity index is 2.28. The second kappa shape index (κ2) is 7.72. The predicted octanol–water partition coefficient (Wildman–Crippen LogP) is 2.32. The van der Waals surface area contributed by atoms with Gasteiger partial charge in [-0.05, 0) is 13.0 Å². The molecule has 0 aromatic carbocycles. The van der Waals surface area contributed by atoms with Gasteiger partial charge in [0, 0.05) is 11.8 Å². The van der Waals surface area contributed by atoms with Crippen LogP contribution in [0.5, 0.6) is 0 Å². The number of furan rings is 1. The Kier molecular flexibility index (Phi) is 5.45. The van der Waals surface area contributed by atoms with E-state index < -0.39 is 16.9 Å². The lowest BCUT2D eigenvalue weighted by Crippen LogP contribution is -2.18. The fourth-order valence-electron chi connectivity index (χ4n) is 1.82. The highest BCUT2D eigenvalue weighted by atomic mass is 16.6. The first kappa shape index (κ1) is 16.9. The van der Waals surface area contributed by atoms with Gasteiger partial charge >= 0.3 is 12.0 Å². The summed E-state index contributed by atoms with van der Waals surface area (Å²) in [7, 11) is 0. The Morgan fingerprint density at radius 2 is 2.42 bits per heavy atom. The number of allylic oxidation sites excluding steroid dienone is 1. The van der Waals surface area contributed by atoms with E-state index in [2.05, 4.69) is 26.9 Å². The Morgan fingerprint density at radius 3 is 3.04 bits per heavy atom. The summed E-state index contributed by atoms with van der Waals surface area (Å²) in [4.78, 5) is 21.3. The van der Waals surface area contributed by atoms with Crippen molar-refractivity contribution >= 4 is 18.2 Å². The van der Waals surface area contributed by atoms with E-state index in [0.717, 1.165) is 0 Å². The number of carbonyl (C=O) groups excluding carboxylic acids is 1. The maximum Gasteiger partial charge on any atom is 0.433 e. The zero-order valence-electron chi connectivity index (χ0n) is 12.8. The number of ether oxygens (including phenoxy) is 1. The Bertz CT molecular complexity index is 776. The van der Waals surface area contributed by atoms with Crippen molar-refractivity contribution in [3.05, 3.63) is 46.7 Å². The highest BCUT2D eigenvalue weighted by Crippen LogP contribution is 2.26. The SMILES string of the molecule is C=CCn1cc(/C=N/NC(=O)OCC)c(-c2ccc([N+](=O)[O-])o2)n1. The van der Waals surface area contributed by atoms with Gasteiger partial charge < -0.3 is 9.15 Å². The fraction of sp³-hybridized carbons (Fsp3) is 0.214. The third-order valence-electron chi connectivity index (χ3n) is 2.75. The maximum atomic E-state index is 11.2. The van der Waals surface area contributed by atoms with Crippen molar-refractivity contribution in [2.24, 2.45) is 5.10 Å². The zero-order chi connectivity index (χ0) is 17.5. The van der Waals surface area contributed by atoms with Crippen LogP contribution in [0.15, 0.2) is 40.5 Å². The van der Waals surface area contributed by atoms with Gasteiger partial charge in [-0.2, -0.15) is 10.2 Å². The number of hydrazone groups is 1. The summed E-state index contributed by atoms with van der Waals surface area (Å²) in [6.45, 7) is 5.94. The fourth-order valence-corrected chi connectivity index (χ4v) is 1.82. The van der Waals surface area contributed by atoms with Gasteiger partial charge in [-0.15, -0.1) is 6.58 Å². The molecule has 0 fully saturated rings. The van der Waals surface area contributed by atoms with Crippen molar-refractivity contribution in [2.45, 2.75) is 13.5 Å². The topological polar surface area (TPSA) is 125 Å². The number of nitrogens with one attached hydrogen (secondary N) is 1. The van der Waals surface area contributed by atoms with Crippen molar-refractivity contribution in [1.29, 1.82) is 0 Å². The number of amides is 1. The van der Waals surface area contributed by atoms with Crippen molar-refractivity contribution in [2.75, 3.05) is 6.61 Å². The molecule has 0 saturated carbocycles. The largest absolute Gasteiger partial charge is 0.449 e. The van der Waals surface area contributed by atoms with Gasteiger partial charge in [-0.25, -0.2) is 10.2 Å². The predicted molar refractivity (Wildman–Crippen MR) is 84.5 cm³/mol. The molecule has 0 bridgehead atoms. The molecule has 24 heavy (non-hydrogen) atoms. The minimum absolute atomic E-state index is 0.210. The van der Waals surface area contributed by atoms with Crippen LogP contribution in [-0.4, -0.2) is 33.6 Å². The van der Waals surface area contributed by atoms with Gasteiger partial charge in [-0.1, -0.05) is 6.08 Å². The smallest absolute Gasteiger partial charge is 0.433 e. The molecule has 0 unspecified atom stereocenters. The van der Waals surface area contributed by atoms with E-state index in [1.54, 1.807) is 23.9 Å². The molecule has 0 spiro atoms. The van der Waals surface area contributed by atoms with Gasteiger partial charge in [0.2, 0.25) is 0 Å². The van der Waals surface area contributed by atoms with E-state index in [4.69, 9.17) is 4.42 Å². The minimum Gasteiger partial charge on any atom is -0.449 e. The summed E-state index contributed by atoms with van der Waals surface area (Å²) in [5.74, 6) is -0.182. The molecule has 2 heterocycles. The normalized spacial score (nSPS) is 10.7. The van der Waals surface area contributed by atoms with E-state index in [0.29, 0.717) is 17.8 Å². The van der Waals surface area contributed by atoms with E-state index in [1.165, 1.54) is 18.3 Å². The first-order valence-electron chi connectivity index (χ1n) is 6.94. The van der Waals surface area contributed by atoms with E-state index in [9.17, 15) is 14.9 Å². The number of rotatable bonds is 7. The lowest BCUT2D eigenvalue weighted by Gasteiger charge is -1.98. The van der Waals surface area contributed by atoms with E-state index >= 15 is 0 Å². The molecule has 0 radical (unpaired) electrons. The van der Waals surface area contributed by atoms with Crippen LogP contribution in [-0.2, 0) is 11.3 Å². The molecule has 2 aromatic rings. The van der Waals surface area contributed by atoms with E-state index in [-0.39, 0.29) is 12.4 Å². The molecule has 2 aromatic heterocycles. The summed E-state index contributed by atoms with van der Waals surface area (Å²) >= 11 is 0. The summed E-state index contributed by atoms with van der Waals surface area (Å²) in [5, 5.41) is 18.8. The molecule has 0 aliphatic heterocycles. The van der Waals surface area contributed by atoms with Gasteiger partial charge in [0.05, 0.1) is 25.4 Å². The van der Waals surface area contributed by atoms with Crippen LogP contribution in [0.25, 0.3) is 11.5 Å². The second-order valence-electron chi connectivity index (χ2n) is 4.43. The second-order valence-corrected chi connectivity index (χ2v) is 4.43. The van der Waals surface area contributed by atoms with Crippen LogP contribution in [0.4, 0.5) is 10.7 Å². The molecule has 10 nitrogen and oxygen atoms in total. The summed E-state index contributed by atoms with van der Waals surface area (Å²) < 4.78 is 11.4. The summed E-state index contributed by atoms with van der Waals surface area (Å²) in [6.07, 6.45) is 3.93. The van der Waals surface area contributed by atoms with E-state index in [1.807, 2.05) is 0 Å². The van der Waals surface area contributed by atoms with Crippen molar-refractivity contribution in [3.63, 3.8) is 0 Å². The highest BCUT2D eigenvalue weighted by Gasteiger charge is 2.18.